The molecular weight excluding hydrogens is 216 g/mol. The monoisotopic (exact) mass is 236 g/mol. The number of methoxy groups -OCH3 is 1. The van der Waals surface area contributed by atoms with Gasteiger partial charge in [0.15, 0.2) is 5.78 Å². The number of allylic oxidation sites excluding steroid dienone is 2. The summed E-state index contributed by atoms with van der Waals surface area (Å²) in [5, 5.41) is 0. The molecular formula is C14H20O3. The van der Waals surface area contributed by atoms with Crippen molar-refractivity contribution in [3.8, 4) is 0 Å². The van der Waals surface area contributed by atoms with Crippen molar-refractivity contribution in [1.82, 2.24) is 0 Å². The smallest absolute Gasteiger partial charge is 0.319 e. The molecule has 0 spiro atoms. The van der Waals surface area contributed by atoms with E-state index in [1.807, 2.05) is 19.9 Å². The molecule has 0 radical (unpaired) electrons. The molecule has 0 aliphatic heterocycles. The van der Waals surface area contributed by atoms with E-state index < -0.39 is 5.41 Å². The highest BCUT2D eigenvalue weighted by atomic mass is 16.5. The van der Waals surface area contributed by atoms with E-state index in [0.717, 1.165) is 12.8 Å². The third kappa shape index (κ3) is 1.48. The maximum atomic E-state index is 12.6. The molecule has 0 heterocycles. The van der Waals surface area contributed by atoms with Crippen LogP contribution in [0.2, 0.25) is 0 Å². The van der Waals surface area contributed by atoms with Crippen LogP contribution in [0.5, 0.6) is 0 Å². The second kappa shape index (κ2) is 3.97. The van der Waals surface area contributed by atoms with Gasteiger partial charge in [0, 0.05) is 5.41 Å². The van der Waals surface area contributed by atoms with Crippen LogP contribution >= 0.6 is 0 Å². The first kappa shape index (κ1) is 12.3. The standard InChI is InChI=1S/C14H20O3/c1-4-5-10-6-7-14(12(16)17-3)9-8-13(10,2)11(14)15/h4-5,10H,6-9H2,1-3H3/b5-4-/t10-,13-,14+/m1/s1. The molecule has 3 heteroatoms. The van der Waals surface area contributed by atoms with Gasteiger partial charge in [-0.05, 0) is 38.5 Å². The van der Waals surface area contributed by atoms with Gasteiger partial charge < -0.3 is 4.74 Å². The van der Waals surface area contributed by atoms with Crippen LogP contribution in [0.25, 0.3) is 0 Å². The Balaban J connectivity index is 2.37. The van der Waals surface area contributed by atoms with Crippen molar-refractivity contribution >= 4 is 11.8 Å². The molecule has 0 aromatic heterocycles. The van der Waals surface area contributed by atoms with Crippen molar-refractivity contribution in [2.45, 2.75) is 39.5 Å². The maximum Gasteiger partial charge on any atom is 0.319 e. The van der Waals surface area contributed by atoms with E-state index in [9.17, 15) is 9.59 Å². The van der Waals surface area contributed by atoms with Crippen LogP contribution in [0.15, 0.2) is 12.2 Å². The number of hydrogen-bond acceptors (Lipinski definition) is 3. The van der Waals surface area contributed by atoms with Crippen LogP contribution in [-0.4, -0.2) is 18.9 Å². The summed E-state index contributed by atoms with van der Waals surface area (Å²) in [5.41, 5.74) is -1.19. The Morgan fingerprint density at radius 2 is 2.12 bits per heavy atom. The van der Waals surface area contributed by atoms with Gasteiger partial charge in [-0.3, -0.25) is 9.59 Å². The molecule has 0 N–H and O–H groups in total. The Morgan fingerprint density at radius 3 is 2.71 bits per heavy atom. The Hall–Kier alpha value is -1.12. The average Bonchev–Trinajstić information content (AvgIpc) is 2.49. The lowest BCUT2D eigenvalue weighted by molar-refractivity contribution is -0.161. The van der Waals surface area contributed by atoms with Crippen LogP contribution in [0.3, 0.4) is 0 Å². The fourth-order valence-corrected chi connectivity index (χ4v) is 3.59. The lowest BCUT2D eigenvalue weighted by atomic mass is 9.63. The molecule has 17 heavy (non-hydrogen) atoms. The minimum atomic E-state index is -0.832. The Labute approximate surface area is 102 Å². The van der Waals surface area contributed by atoms with Gasteiger partial charge in [-0.25, -0.2) is 0 Å². The van der Waals surface area contributed by atoms with E-state index in [1.165, 1.54) is 7.11 Å². The summed E-state index contributed by atoms with van der Waals surface area (Å²) < 4.78 is 4.84. The van der Waals surface area contributed by atoms with Crippen LogP contribution in [-0.2, 0) is 14.3 Å². The molecule has 2 bridgehead atoms. The van der Waals surface area contributed by atoms with Crippen molar-refractivity contribution in [2.24, 2.45) is 16.7 Å². The molecule has 0 amide bonds. The van der Waals surface area contributed by atoms with E-state index in [1.54, 1.807) is 0 Å². The minimum absolute atomic E-state index is 0.103. The number of hydrogen-bond donors (Lipinski definition) is 0. The number of Topliss-reactive ketones (excluding diaryl/α,β-unsaturated/α-hetero) is 1. The SMILES string of the molecule is C/C=C\[C@@H]1CC[C@]2(C(=O)OC)CC[C@@]1(C)C2=O. The Morgan fingerprint density at radius 1 is 1.41 bits per heavy atom. The first-order valence-electron chi connectivity index (χ1n) is 6.27. The number of ketones is 1. The summed E-state index contributed by atoms with van der Waals surface area (Å²) in [6, 6.07) is 0. The predicted octanol–water partition coefficient (Wildman–Crippen LogP) is 2.50. The number of carbonyl (C=O) groups is 2. The average molecular weight is 236 g/mol. The molecule has 2 fully saturated rings. The third-order valence-electron chi connectivity index (χ3n) is 4.73. The summed E-state index contributed by atoms with van der Waals surface area (Å²) in [6.07, 6.45) is 7.13. The summed E-state index contributed by atoms with van der Waals surface area (Å²) in [6.45, 7) is 3.98. The molecule has 0 aromatic rings. The second-order valence-electron chi connectivity index (χ2n) is 5.49. The molecule has 0 unspecified atom stereocenters. The van der Waals surface area contributed by atoms with Gasteiger partial charge in [0.05, 0.1) is 7.11 Å². The van der Waals surface area contributed by atoms with Crippen molar-refractivity contribution in [3.05, 3.63) is 12.2 Å². The zero-order valence-electron chi connectivity index (χ0n) is 10.8. The van der Waals surface area contributed by atoms with Crippen molar-refractivity contribution < 1.29 is 14.3 Å². The molecule has 2 aliphatic carbocycles. The topological polar surface area (TPSA) is 43.4 Å². The van der Waals surface area contributed by atoms with E-state index in [-0.39, 0.29) is 23.1 Å². The molecule has 3 nitrogen and oxygen atoms in total. The van der Waals surface area contributed by atoms with Gasteiger partial charge in [0.2, 0.25) is 0 Å². The highest BCUT2D eigenvalue weighted by molar-refractivity contribution is 6.08. The van der Waals surface area contributed by atoms with Gasteiger partial charge in [-0.1, -0.05) is 19.1 Å². The van der Waals surface area contributed by atoms with Crippen LogP contribution in [0.4, 0.5) is 0 Å². The molecule has 0 saturated heterocycles. The molecule has 2 saturated carbocycles. The van der Waals surface area contributed by atoms with Gasteiger partial charge in [-0.15, -0.1) is 0 Å². The Bertz CT molecular complexity index is 385. The van der Waals surface area contributed by atoms with Crippen LogP contribution in [0, 0.1) is 16.7 Å². The van der Waals surface area contributed by atoms with E-state index in [2.05, 4.69) is 6.08 Å². The van der Waals surface area contributed by atoms with Crippen LogP contribution < -0.4 is 0 Å². The molecule has 3 atom stereocenters. The number of esters is 1. The fraction of sp³-hybridized carbons (Fsp3) is 0.714. The zero-order chi connectivity index (χ0) is 12.7. The van der Waals surface area contributed by atoms with Crippen molar-refractivity contribution in [3.63, 3.8) is 0 Å². The maximum absolute atomic E-state index is 12.6. The summed E-state index contributed by atoms with van der Waals surface area (Å²) in [5.74, 6) is 0.0524. The lowest BCUT2D eigenvalue weighted by Crippen LogP contribution is -2.47. The van der Waals surface area contributed by atoms with Crippen molar-refractivity contribution in [2.75, 3.05) is 7.11 Å². The second-order valence-corrected chi connectivity index (χ2v) is 5.49. The van der Waals surface area contributed by atoms with Gasteiger partial charge in [0.1, 0.15) is 5.41 Å². The first-order chi connectivity index (χ1) is 8.01. The van der Waals surface area contributed by atoms with Crippen molar-refractivity contribution in [1.29, 1.82) is 0 Å². The number of carbonyl (C=O) groups excluding carboxylic acids is 2. The fourth-order valence-electron chi connectivity index (χ4n) is 3.59. The zero-order valence-corrected chi connectivity index (χ0v) is 10.8. The van der Waals surface area contributed by atoms with E-state index in [4.69, 9.17) is 4.74 Å². The molecule has 2 rings (SSSR count). The molecule has 2 aliphatic rings. The van der Waals surface area contributed by atoms with E-state index in [0.29, 0.717) is 12.8 Å². The van der Waals surface area contributed by atoms with Gasteiger partial charge in [-0.2, -0.15) is 0 Å². The summed E-state index contributed by atoms with van der Waals surface area (Å²) in [4.78, 5) is 24.5. The molecule has 94 valence electrons. The predicted molar refractivity (Wildman–Crippen MR) is 64.3 cm³/mol. The first-order valence-corrected chi connectivity index (χ1v) is 6.27. The van der Waals surface area contributed by atoms with E-state index >= 15 is 0 Å². The number of fused-ring (bicyclic) bond motifs is 2. The van der Waals surface area contributed by atoms with Gasteiger partial charge >= 0.3 is 5.97 Å². The highest BCUT2D eigenvalue weighted by Crippen LogP contribution is 2.58. The Kier molecular flexibility index (Phi) is 2.88. The quantitative estimate of drug-likeness (QED) is 0.420. The summed E-state index contributed by atoms with van der Waals surface area (Å²) >= 11 is 0. The van der Waals surface area contributed by atoms with Gasteiger partial charge in [0.25, 0.3) is 0 Å². The summed E-state index contributed by atoms with van der Waals surface area (Å²) in [7, 11) is 1.37. The normalized spacial score (nSPS) is 40.9. The third-order valence-corrected chi connectivity index (χ3v) is 4.73. The number of rotatable bonds is 2. The molecule has 0 aromatic carbocycles. The lowest BCUT2D eigenvalue weighted by Gasteiger charge is -2.39. The number of ether oxygens (including phenoxy) is 1. The van der Waals surface area contributed by atoms with Crippen LogP contribution in [0.1, 0.15) is 39.5 Å². The minimum Gasteiger partial charge on any atom is -0.468 e. The highest BCUT2D eigenvalue weighted by Gasteiger charge is 2.63. The largest absolute Gasteiger partial charge is 0.468 e.